The Balaban J connectivity index is 2.11. The third-order valence-electron chi connectivity index (χ3n) is 3.01. The van der Waals surface area contributed by atoms with Gasteiger partial charge < -0.3 is 9.64 Å². The van der Waals surface area contributed by atoms with Crippen LogP contribution in [0.3, 0.4) is 0 Å². The SMILES string of the molecule is Cc1ccc(C(=O)N2CC(C)OC(C)C2)cc1. The first-order valence-corrected chi connectivity index (χ1v) is 6.07. The van der Waals surface area contributed by atoms with E-state index in [1.165, 1.54) is 5.56 Å². The molecule has 0 saturated carbocycles. The van der Waals surface area contributed by atoms with Crippen LogP contribution in [0.4, 0.5) is 0 Å². The Morgan fingerprint density at radius 2 is 1.71 bits per heavy atom. The Morgan fingerprint density at radius 1 is 1.18 bits per heavy atom. The Bertz CT molecular complexity index is 389. The average molecular weight is 233 g/mol. The van der Waals surface area contributed by atoms with Crippen molar-refractivity contribution >= 4 is 5.91 Å². The first kappa shape index (κ1) is 12.1. The number of aryl methyl sites for hydroxylation is 1. The molecule has 2 rings (SSSR count). The van der Waals surface area contributed by atoms with E-state index in [2.05, 4.69) is 0 Å². The molecule has 0 aromatic heterocycles. The molecule has 0 spiro atoms. The van der Waals surface area contributed by atoms with E-state index in [0.717, 1.165) is 5.56 Å². The molecule has 3 nitrogen and oxygen atoms in total. The second-order valence-corrected chi connectivity index (χ2v) is 4.83. The standard InChI is InChI=1S/C14H19NO2/c1-10-4-6-13(7-5-10)14(16)15-8-11(2)17-12(3)9-15/h4-7,11-12H,8-9H2,1-3H3. The van der Waals surface area contributed by atoms with Crippen molar-refractivity contribution in [2.24, 2.45) is 0 Å². The van der Waals surface area contributed by atoms with Gasteiger partial charge in [0.1, 0.15) is 0 Å². The third-order valence-corrected chi connectivity index (χ3v) is 3.01. The molecule has 1 aromatic carbocycles. The molecule has 3 heteroatoms. The van der Waals surface area contributed by atoms with Gasteiger partial charge in [-0.2, -0.15) is 0 Å². The summed E-state index contributed by atoms with van der Waals surface area (Å²) in [4.78, 5) is 14.2. The van der Waals surface area contributed by atoms with Crippen molar-refractivity contribution in [3.8, 4) is 0 Å². The largest absolute Gasteiger partial charge is 0.372 e. The molecule has 1 heterocycles. The van der Waals surface area contributed by atoms with E-state index < -0.39 is 0 Å². The number of ether oxygens (including phenoxy) is 1. The fourth-order valence-corrected chi connectivity index (χ4v) is 2.22. The van der Waals surface area contributed by atoms with Gasteiger partial charge in [-0.05, 0) is 32.9 Å². The van der Waals surface area contributed by atoms with E-state index in [4.69, 9.17) is 4.74 Å². The van der Waals surface area contributed by atoms with E-state index in [-0.39, 0.29) is 18.1 Å². The number of amides is 1. The van der Waals surface area contributed by atoms with Crippen LogP contribution >= 0.6 is 0 Å². The zero-order valence-corrected chi connectivity index (χ0v) is 10.6. The number of carbonyl (C=O) groups is 1. The molecule has 0 radical (unpaired) electrons. The Labute approximate surface area is 102 Å². The zero-order chi connectivity index (χ0) is 12.4. The van der Waals surface area contributed by atoms with Gasteiger partial charge in [-0.3, -0.25) is 4.79 Å². The van der Waals surface area contributed by atoms with Gasteiger partial charge >= 0.3 is 0 Å². The van der Waals surface area contributed by atoms with Crippen LogP contribution in [0.15, 0.2) is 24.3 Å². The predicted octanol–water partition coefficient (Wildman–Crippen LogP) is 2.24. The second-order valence-electron chi connectivity index (χ2n) is 4.83. The summed E-state index contributed by atoms with van der Waals surface area (Å²) in [6.07, 6.45) is 0.237. The van der Waals surface area contributed by atoms with Gasteiger partial charge in [0.25, 0.3) is 5.91 Å². The van der Waals surface area contributed by atoms with Crippen LogP contribution < -0.4 is 0 Å². The maximum atomic E-state index is 12.3. The van der Waals surface area contributed by atoms with Crippen LogP contribution in [0, 0.1) is 6.92 Å². The summed E-state index contributed by atoms with van der Waals surface area (Å²) in [7, 11) is 0. The van der Waals surface area contributed by atoms with Crippen molar-refractivity contribution in [1.29, 1.82) is 0 Å². The quantitative estimate of drug-likeness (QED) is 0.744. The molecule has 17 heavy (non-hydrogen) atoms. The van der Waals surface area contributed by atoms with Crippen molar-refractivity contribution in [3.05, 3.63) is 35.4 Å². The van der Waals surface area contributed by atoms with Gasteiger partial charge in [0.05, 0.1) is 12.2 Å². The Morgan fingerprint density at radius 3 is 2.24 bits per heavy atom. The molecule has 2 atom stereocenters. The summed E-state index contributed by atoms with van der Waals surface area (Å²) in [6, 6.07) is 7.73. The minimum absolute atomic E-state index is 0.104. The molecule has 1 amide bonds. The van der Waals surface area contributed by atoms with E-state index in [0.29, 0.717) is 13.1 Å². The highest BCUT2D eigenvalue weighted by atomic mass is 16.5. The molecular formula is C14H19NO2. The maximum absolute atomic E-state index is 12.3. The third kappa shape index (κ3) is 2.86. The summed E-state index contributed by atoms with van der Waals surface area (Å²) >= 11 is 0. The van der Waals surface area contributed by atoms with Crippen LogP contribution in [0.5, 0.6) is 0 Å². The van der Waals surface area contributed by atoms with Gasteiger partial charge in [0.2, 0.25) is 0 Å². The highest BCUT2D eigenvalue weighted by molar-refractivity contribution is 5.94. The monoisotopic (exact) mass is 233 g/mol. The summed E-state index contributed by atoms with van der Waals surface area (Å²) in [6.45, 7) is 7.39. The fraction of sp³-hybridized carbons (Fsp3) is 0.500. The van der Waals surface area contributed by atoms with E-state index in [9.17, 15) is 4.79 Å². The minimum atomic E-state index is 0.104. The van der Waals surface area contributed by atoms with Gasteiger partial charge in [-0.15, -0.1) is 0 Å². The lowest BCUT2D eigenvalue weighted by Crippen LogP contribution is -2.48. The summed E-state index contributed by atoms with van der Waals surface area (Å²) in [5.74, 6) is 0.104. The molecular weight excluding hydrogens is 214 g/mol. The lowest BCUT2D eigenvalue weighted by atomic mass is 10.1. The minimum Gasteiger partial charge on any atom is -0.372 e. The van der Waals surface area contributed by atoms with E-state index in [1.807, 2.05) is 49.9 Å². The number of hydrogen-bond donors (Lipinski definition) is 0. The topological polar surface area (TPSA) is 29.5 Å². The van der Waals surface area contributed by atoms with Crippen molar-refractivity contribution < 1.29 is 9.53 Å². The molecule has 92 valence electrons. The molecule has 1 saturated heterocycles. The van der Waals surface area contributed by atoms with Crippen LogP contribution in [-0.2, 0) is 4.74 Å². The number of nitrogens with zero attached hydrogens (tertiary/aromatic N) is 1. The van der Waals surface area contributed by atoms with Gasteiger partial charge in [-0.25, -0.2) is 0 Å². The van der Waals surface area contributed by atoms with Gasteiger partial charge in [0.15, 0.2) is 0 Å². The van der Waals surface area contributed by atoms with Crippen LogP contribution in [-0.4, -0.2) is 36.1 Å². The van der Waals surface area contributed by atoms with Crippen LogP contribution in [0.1, 0.15) is 29.8 Å². The highest BCUT2D eigenvalue weighted by Crippen LogP contribution is 2.14. The van der Waals surface area contributed by atoms with Gasteiger partial charge in [0, 0.05) is 18.7 Å². The molecule has 1 fully saturated rings. The molecule has 1 aliphatic heterocycles. The Hall–Kier alpha value is -1.35. The molecule has 2 unspecified atom stereocenters. The van der Waals surface area contributed by atoms with E-state index >= 15 is 0 Å². The smallest absolute Gasteiger partial charge is 0.254 e. The summed E-state index contributed by atoms with van der Waals surface area (Å²) in [5, 5.41) is 0. The predicted molar refractivity (Wildman–Crippen MR) is 67.1 cm³/mol. The average Bonchev–Trinajstić information content (AvgIpc) is 2.28. The lowest BCUT2D eigenvalue weighted by molar-refractivity contribution is -0.0586. The summed E-state index contributed by atoms with van der Waals surface area (Å²) in [5.41, 5.74) is 1.93. The maximum Gasteiger partial charge on any atom is 0.254 e. The number of rotatable bonds is 1. The van der Waals surface area contributed by atoms with Crippen molar-refractivity contribution in [1.82, 2.24) is 4.90 Å². The molecule has 1 aliphatic rings. The van der Waals surface area contributed by atoms with Crippen LogP contribution in [0.2, 0.25) is 0 Å². The molecule has 0 N–H and O–H groups in total. The molecule has 0 aliphatic carbocycles. The zero-order valence-electron chi connectivity index (χ0n) is 10.6. The second kappa shape index (κ2) is 4.88. The van der Waals surface area contributed by atoms with Crippen molar-refractivity contribution in [3.63, 3.8) is 0 Å². The highest BCUT2D eigenvalue weighted by Gasteiger charge is 2.26. The van der Waals surface area contributed by atoms with Crippen molar-refractivity contribution in [2.75, 3.05) is 13.1 Å². The normalized spacial score (nSPS) is 24.8. The van der Waals surface area contributed by atoms with Crippen molar-refractivity contribution in [2.45, 2.75) is 33.0 Å². The number of benzene rings is 1. The van der Waals surface area contributed by atoms with E-state index in [1.54, 1.807) is 0 Å². The molecule has 1 aromatic rings. The van der Waals surface area contributed by atoms with Crippen LogP contribution in [0.25, 0.3) is 0 Å². The first-order valence-electron chi connectivity index (χ1n) is 6.07. The lowest BCUT2D eigenvalue weighted by Gasteiger charge is -2.35. The number of carbonyl (C=O) groups excluding carboxylic acids is 1. The number of morpholine rings is 1. The van der Waals surface area contributed by atoms with Gasteiger partial charge in [-0.1, -0.05) is 17.7 Å². The Kier molecular flexibility index (Phi) is 3.48. The fourth-order valence-electron chi connectivity index (χ4n) is 2.22. The molecule has 0 bridgehead atoms. The first-order chi connectivity index (χ1) is 8.06. The number of hydrogen-bond acceptors (Lipinski definition) is 2. The summed E-state index contributed by atoms with van der Waals surface area (Å²) < 4.78 is 5.63.